The molecule has 6 nitrogen and oxygen atoms in total. The summed E-state index contributed by atoms with van der Waals surface area (Å²) >= 11 is 0. The van der Waals surface area contributed by atoms with Gasteiger partial charge < -0.3 is 14.8 Å². The topological polar surface area (TPSA) is 76.7 Å². The van der Waals surface area contributed by atoms with Crippen molar-refractivity contribution in [2.24, 2.45) is 5.92 Å². The highest BCUT2D eigenvalue weighted by atomic mass is 32.2. The van der Waals surface area contributed by atoms with Crippen LogP contribution in [-0.4, -0.2) is 34.1 Å². The Hall–Kier alpha value is -1.47. The van der Waals surface area contributed by atoms with Crippen LogP contribution in [-0.2, 0) is 10.0 Å². The Labute approximate surface area is 118 Å². The minimum atomic E-state index is -3.33. The molecule has 3 rings (SSSR count). The standard InChI is InChI=1S/C13H18N2O4S/c16-20(17,8-10-3-5-14-6-4-10)15-11-1-2-12-13(7-11)19-9-18-12/h1-2,7,10,14-15H,3-6,8-9H2. The summed E-state index contributed by atoms with van der Waals surface area (Å²) in [6.07, 6.45) is 1.81. The third-order valence-electron chi connectivity index (χ3n) is 3.56. The normalized spacial score (nSPS) is 19.0. The molecule has 0 saturated carbocycles. The van der Waals surface area contributed by atoms with Gasteiger partial charge in [0.05, 0.1) is 11.4 Å². The van der Waals surface area contributed by atoms with Gasteiger partial charge in [0, 0.05) is 6.07 Å². The third-order valence-corrected chi connectivity index (χ3v) is 5.02. The van der Waals surface area contributed by atoms with Crippen LogP contribution in [0.3, 0.4) is 0 Å². The summed E-state index contributed by atoms with van der Waals surface area (Å²) in [6.45, 7) is 1.97. The zero-order valence-electron chi connectivity index (χ0n) is 11.1. The molecule has 7 heteroatoms. The monoisotopic (exact) mass is 298 g/mol. The first kappa shape index (κ1) is 13.5. The van der Waals surface area contributed by atoms with E-state index >= 15 is 0 Å². The second-order valence-electron chi connectivity index (χ2n) is 5.14. The van der Waals surface area contributed by atoms with Crippen LogP contribution in [0.5, 0.6) is 11.5 Å². The van der Waals surface area contributed by atoms with Crippen LogP contribution < -0.4 is 19.5 Å². The molecule has 0 aromatic heterocycles. The lowest BCUT2D eigenvalue weighted by atomic mass is 10.0. The summed E-state index contributed by atoms with van der Waals surface area (Å²) in [5, 5.41) is 3.23. The molecule has 1 saturated heterocycles. The van der Waals surface area contributed by atoms with Crippen molar-refractivity contribution in [1.29, 1.82) is 0 Å². The van der Waals surface area contributed by atoms with E-state index in [1.54, 1.807) is 18.2 Å². The van der Waals surface area contributed by atoms with Gasteiger partial charge in [0.25, 0.3) is 0 Å². The van der Waals surface area contributed by atoms with Gasteiger partial charge in [0.1, 0.15) is 0 Å². The van der Waals surface area contributed by atoms with Gasteiger partial charge in [-0.2, -0.15) is 0 Å². The van der Waals surface area contributed by atoms with E-state index in [1.165, 1.54) is 0 Å². The van der Waals surface area contributed by atoms with Crippen molar-refractivity contribution in [2.75, 3.05) is 30.4 Å². The summed E-state index contributed by atoms with van der Waals surface area (Å²) < 4.78 is 37.4. The summed E-state index contributed by atoms with van der Waals surface area (Å²) in [5.41, 5.74) is 0.517. The van der Waals surface area contributed by atoms with Gasteiger partial charge in [-0.3, -0.25) is 4.72 Å². The molecular weight excluding hydrogens is 280 g/mol. The number of hydrogen-bond donors (Lipinski definition) is 2. The quantitative estimate of drug-likeness (QED) is 0.872. The van der Waals surface area contributed by atoms with Crippen molar-refractivity contribution in [1.82, 2.24) is 5.32 Å². The van der Waals surface area contributed by atoms with E-state index in [4.69, 9.17) is 9.47 Å². The van der Waals surface area contributed by atoms with Gasteiger partial charge in [0.2, 0.25) is 16.8 Å². The molecule has 0 bridgehead atoms. The summed E-state index contributed by atoms with van der Waals surface area (Å²) in [4.78, 5) is 0. The van der Waals surface area contributed by atoms with E-state index in [0.29, 0.717) is 17.2 Å². The number of benzene rings is 1. The number of sulfonamides is 1. The molecule has 0 amide bonds. The van der Waals surface area contributed by atoms with E-state index in [2.05, 4.69) is 10.0 Å². The molecule has 1 fully saturated rings. The van der Waals surface area contributed by atoms with Gasteiger partial charge in [-0.25, -0.2) is 8.42 Å². The highest BCUT2D eigenvalue weighted by Crippen LogP contribution is 2.34. The molecule has 2 aliphatic heterocycles. The average molecular weight is 298 g/mol. The zero-order valence-corrected chi connectivity index (χ0v) is 11.9. The molecule has 2 N–H and O–H groups in total. The Balaban J connectivity index is 1.66. The minimum absolute atomic E-state index is 0.170. The maximum Gasteiger partial charge on any atom is 0.232 e. The van der Waals surface area contributed by atoms with Crippen molar-refractivity contribution in [3.8, 4) is 11.5 Å². The van der Waals surface area contributed by atoms with Gasteiger partial charge in [-0.1, -0.05) is 0 Å². The van der Waals surface area contributed by atoms with E-state index < -0.39 is 10.0 Å². The van der Waals surface area contributed by atoms with Crippen molar-refractivity contribution in [3.05, 3.63) is 18.2 Å². The molecule has 2 heterocycles. The maximum atomic E-state index is 12.2. The van der Waals surface area contributed by atoms with E-state index in [0.717, 1.165) is 25.9 Å². The first-order chi connectivity index (χ1) is 9.62. The fraction of sp³-hybridized carbons (Fsp3) is 0.538. The van der Waals surface area contributed by atoms with E-state index in [-0.39, 0.29) is 18.5 Å². The second-order valence-corrected chi connectivity index (χ2v) is 6.91. The number of fused-ring (bicyclic) bond motifs is 1. The lowest BCUT2D eigenvalue weighted by molar-refractivity contribution is 0.174. The Morgan fingerprint density at radius 1 is 1.20 bits per heavy atom. The molecule has 110 valence electrons. The van der Waals surface area contributed by atoms with Gasteiger partial charge >= 0.3 is 0 Å². The molecule has 1 aromatic rings. The number of piperidine rings is 1. The van der Waals surface area contributed by atoms with Crippen LogP contribution in [0, 0.1) is 5.92 Å². The minimum Gasteiger partial charge on any atom is -0.454 e. The van der Waals surface area contributed by atoms with E-state index in [1.807, 2.05) is 0 Å². The predicted molar refractivity (Wildman–Crippen MR) is 75.6 cm³/mol. The van der Waals surface area contributed by atoms with Crippen LogP contribution in [0.2, 0.25) is 0 Å². The largest absolute Gasteiger partial charge is 0.454 e. The number of anilines is 1. The lowest BCUT2D eigenvalue weighted by Gasteiger charge is -2.22. The molecule has 20 heavy (non-hydrogen) atoms. The molecule has 0 unspecified atom stereocenters. The summed E-state index contributed by atoms with van der Waals surface area (Å²) in [7, 11) is -3.33. The van der Waals surface area contributed by atoms with Gasteiger partial charge in [-0.05, 0) is 44.0 Å². The lowest BCUT2D eigenvalue weighted by Crippen LogP contribution is -2.33. The molecule has 2 aliphatic rings. The molecule has 0 aliphatic carbocycles. The molecule has 0 spiro atoms. The number of nitrogens with one attached hydrogen (secondary N) is 2. The Kier molecular flexibility index (Phi) is 3.71. The van der Waals surface area contributed by atoms with Gasteiger partial charge in [0.15, 0.2) is 11.5 Å². The molecule has 0 atom stereocenters. The van der Waals surface area contributed by atoms with Crippen LogP contribution in [0.15, 0.2) is 18.2 Å². The highest BCUT2D eigenvalue weighted by molar-refractivity contribution is 7.92. The SMILES string of the molecule is O=S(=O)(CC1CCNCC1)Nc1ccc2c(c1)OCO2. The smallest absolute Gasteiger partial charge is 0.232 e. The number of ether oxygens (including phenoxy) is 2. The fourth-order valence-electron chi connectivity index (χ4n) is 2.54. The first-order valence-corrected chi connectivity index (χ1v) is 8.38. The zero-order chi connectivity index (χ0) is 14.0. The number of rotatable bonds is 4. The van der Waals surface area contributed by atoms with Crippen LogP contribution in [0.1, 0.15) is 12.8 Å². The summed E-state index contributed by atoms with van der Waals surface area (Å²) in [6, 6.07) is 5.06. The van der Waals surface area contributed by atoms with Crippen molar-refractivity contribution < 1.29 is 17.9 Å². The molecule has 0 radical (unpaired) electrons. The Morgan fingerprint density at radius 3 is 2.75 bits per heavy atom. The summed E-state index contributed by atoms with van der Waals surface area (Å²) in [5.74, 6) is 1.62. The highest BCUT2D eigenvalue weighted by Gasteiger charge is 2.22. The van der Waals surface area contributed by atoms with Crippen LogP contribution >= 0.6 is 0 Å². The van der Waals surface area contributed by atoms with Crippen molar-refractivity contribution >= 4 is 15.7 Å². The fourth-order valence-corrected chi connectivity index (χ4v) is 4.06. The molecular formula is C13H18N2O4S. The molecule has 1 aromatic carbocycles. The number of hydrogen-bond acceptors (Lipinski definition) is 5. The third kappa shape index (κ3) is 3.16. The maximum absolute atomic E-state index is 12.2. The van der Waals surface area contributed by atoms with Crippen LogP contribution in [0.4, 0.5) is 5.69 Å². The predicted octanol–water partition coefficient (Wildman–Crippen LogP) is 1.16. The van der Waals surface area contributed by atoms with Gasteiger partial charge in [-0.15, -0.1) is 0 Å². The first-order valence-electron chi connectivity index (χ1n) is 6.73. The van der Waals surface area contributed by atoms with Crippen LogP contribution in [0.25, 0.3) is 0 Å². The van der Waals surface area contributed by atoms with Crippen molar-refractivity contribution in [2.45, 2.75) is 12.8 Å². The Bertz CT molecular complexity index is 582. The second kappa shape index (κ2) is 5.49. The van der Waals surface area contributed by atoms with Crippen molar-refractivity contribution in [3.63, 3.8) is 0 Å². The Morgan fingerprint density at radius 2 is 1.95 bits per heavy atom. The average Bonchev–Trinajstić information content (AvgIpc) is 2.86. The van der Waals surface area contributed by atoms with E-state index in [9.17, 15) is 8.42 Å².